The van der Waals surface area contributed by atoms with Gasteiger partial charge in [0.25, 0.3) is 0 Å². The first-order valence-electron chi connectivity index (χ1n) is 11.1. The number of rotatable bonds is 7. The monoisotopic (exact) mass is 415 g/mol. The molecule has 1 atom stereocenters. The predicted octanol–water partition coefficient (Wildman–Crippen LogP) is 4.81. The van der Waals surface area contributed by atoms with Crippen LogP contribution in [0.4, 0.5) is 5.69 Å². The number of hydrogen-bond donors (Lipinski definition) is 1. The summed E-state index contributed by atoms with van der Waals surface area (Å²) in [6, 6.07) is 6.52. The molecule has 1 aliphatic heterocycles. The first-order valence-corrected chi connectivity index (χ1v) is 11.6. The number of benzene rings is 1. The molecule has 1 fully saturated rings. The van der Waals surface area contributed by atoms with Crippen molar-refractivity contribution in [3.8, 4) is 0 Å². The molecule has 1 unspecified atom stereocenters. The van der Waals surface area contributed by atoms with E-state index in [1.807, 2.05) is 0 Å². The minimum atomic E-state index is 0.463. The van der Waals surface area contributed by atoms with Crippen molar-refractivity contribution in [2.45, 2.75) is 46.0 Å². The standard InChI is InChI=1S/C24H37N3OS/c1-19(2)22-11-7-8-20(3)23(22)25-24(29)27(18-21-9-5-4-6-10-21)13-12-26-14-16-28-17-15-26/h4-5,7-8,11,19,21H,6,9-10,12-18H2,1-3H3,(H,25,29). The lowest BCUT2D eigenvalue weighted by Crippen LogP contribution is -2.45. The zero-order valence-electron chi connectivity index (χ0n) is 18.3. The topological polar surface area (TPSA) is 27.7 Å². The van der Waals surface area contributed by atoms with Crippen molar-refractivity contribution >= 4 is 23.0 Å². The second-order valence-corrected chi connectivity index (χ2v) is 9.06. The predicted molar refractivity (Wildman–Crippen MR) is 127 cm³/mol. The van der Waals surface area contributed by atoms with Gasteiger partial charge in [0.15, 0.2) is 5.11 Å². The van der Waals surface area contributed by atoms with E-state index in [9.17, 15) is 0 Å². The van der Waals surface area contributed by atoms with Gasteiger partial charge < -0.3 is 15.0 Å². The number of para-hydroxylation sites is 1. The Labute approximate surface area is 182 Å². The van der Waals surface area contributed by atoms with Gasteiger partial charge in [0.2, 0.25) is 0 Å². The Morgan fingerprint density at radius 2 is 2.07 bits per heavy atom. The van der Waals surface area contributed by atoms with Crippen LogP contribution in [-0.2, 0) is 4.74 Å². The molecule has 29 heavy (non-hydrogen) atoms. The van der Waals surface area contributed by atoms with Crippen LogP contribution < -0.4 is 5.32 Å². The maximum Gasteiger partial charge on any atom is 0.173 e. The van der Waals surface area contributed by atoms with Crippen molar-refractivity contribution < 1.29 is 4.74 Å². The van der Waals surface area contributed by atoms with Crippen LogP contribution in [0.5, 0.6) is 0 Å². The summed E-state index contributed by atoms with van der Waals surface area (Å²) >= 11 is 5.95. The first-order chi connectivity index (χ1) is 14.0. The van der Waals surface area contributed by atoms with Crippen molar-refractivity contribution in [3.05, 3.63) is 41.5 Å². The summed E-state index contributed by atoms with van der Waals surface area (Å²) in [5.41, 5.74) is 3.78. The molecule has 1 saturated heterocycles. The molecule has 3 rings (SSSR count). The molecule has 1 aromatic carbocycles. The van der Waals surface area contributed by atoms with Gasteiger partial charge in [0.1, 0.15) is 0 Å². The molecule has 1 heterocycles. The number of allylic oxidation sites excluding steroid dienone is 2. The lowest BCUT2D eigenvalue weighted by molar-refractivity contribution is 0.0356. The van der Waals surface area contributed by atoms with Crippen LogP contribution in [0.1, 0.15) is 50.2 Å². The van der Waals surface area contributed by atoms with Gasteiger partial charge in [0.05, 0.1) is 13.2 Å². The smallest absolute Gasteiger partial charge is 0.173 e. The van der Waals surface area contributed by atoms with Gasteiger partial charge in [-0.1, -0.05) is 44.2 Å². The number of hydrogen-bond acceptors (Lipinski definition) is 3. The number of anilines is 1. The third kappa shape index (κ3) is 6.53. The summed E-state index contributed by atoms with van der Waals surface area (Å²) in [6.45, 7) is 13.4. The summed E-state index contributed by atoms with van der Waals surface area (Å²) in [5.74, 6) is 1.15. The molecule has 4 nitrogen and oxygen atoms in total. The van der Waals surface area contributed by atoms with Gasteiger partial charge in [-0.3, -0.25) is 4.90 Å². The minimum Gasteiger partial charge on any atom is -0.379 e. The molecule has 1 aliphatic carbocycles. The molecule has 1 N–H and O–H groups in total. The van der Waals surface area contributed by atoms with E-state index in [-0.39, 0.29) is 0 Å². The Bertz CT molecular complexity index is 697. The summed E-state index contributed by atoms with van der Waals surface area (Å²) in [5, 5.41) is 4.50. The maximum atomic E-state index is 5.95. The molecule has 0 spiro atoms. The fraction of sp³-hybridized carbons (Fsp3) is 0.625. The highest BCUT2D eigenvalue weighted by Crippen LogP contribution is 2.28. The second kappa shape index (κ2) is 11.1. The number of thiocarbonyl (C=S) groups is 1. The van der Waals surface area contributed by atoms with Crippen molar-refractivity contribution in [2.75, 3.05) is 51.3 Å². The van der Waals surface area contributed by atoms with E-state index in [4.69, 9.17) is 17.0 Å². The molecule has 0 amide bonds. The van der Waals surface area contributed by atoms with E-state index in [1.54, 1.807) is 0 Å². The fourth-order valence-electron chi connectivity index (χ4n) is 4.22. The van der Waals surface area contributed by atoms with E-state index in [0.29, 0.717) is 11.8 Å². The quantitative estimate of drug-likeness (QED) is 0.510. The highest BCUT2D eigenvalue weighted by atomic mass is 32.1. The van der Waals surface area contributed by atoms with Crippen molar-refractivity contribution in [2.24, 2.45) is 5.92 Å². The number of morpholine rings is 1. The first kappa shape index (κ1) is 22.3. The molecular weight excluding hydrogens is 378 g/mol. The Kier molecular flexibility index (Phi) is 8.52. The minimum absolute atomic E-state index is 0.463. The highest BCUT2D eigenvalue weighted by molar-refractivity contribution is 7.80. The van der Waals surface area contributed by atoms with Crippen molar-refractivity contribution in [1.29, 1.82) is 0 Å². The van der Waals surface area contributed by atoms with E-state index in [0.717, 1.165) is 57.5 Å². The van der Waals surface area contributed by atoms with Gasteiger partial charge in [-0.25, -0.2) is 0 Å². The van der Waals surface area contributed by atoms with Gasteiger partial charge in [-0.2, -0.15) is 0 Å². The lowest BCUT2D eigenvalue weighted by atomic mass is 9.94. The molecule has 0 radical (unpaired) electrons. The highest BCUT2D eigenvalue weighted by Gasteiger charge is 2.20. The Morgan fingerprint density at radius 1 is 1.28 bits per heavy atom. The molecule has 5 heteroatoms. The molecule has 0 aromatic heterocycles. The maximum absolute atomic E-state index is 5.95. The average Bonchev–Trinajstić information content (AvgIpc) is 2.73. The van der Waals surface area contributed by atoms with Crippen LogP contribution in [0.25, 0.3) is 0 Å². The van der Waals surface area contributed by atoms with E-state index in [2.05, 4.69) is 66.2 Å². The summed E-state index contributed by atoms with van der Waals surface area (Å²) < 4.78 is 5.50. The van der Waals surface area contributed by atoms with E-state index < -0.39 is 0 Å². The van der Waals surface area contributed by atoms with Gasteiger partial charge >= 0.3 is 0 Å². The Balaban J connectivity index is 1.70. The normalized spacial score (nSPS) is 20.1. The summed E-state index contributed by atoms with van der Waals surface area (Å²) in [4.78, 5) is 4.90. The van der Waals surface area contributed by atoms with Crippen LogP contribution in [0.2, 0.25) is 0 Å². The number of nitrogens with one attached hydrogen (secondary N) is 1. The molecule has 2 aliphatic rings. The van der Waals surface area contributed by atoms with Crippen LogP contribution >= 0.6 is 12.2 Å². The molecular formula is C24H37N3OS. The molecule has 0 saturated carbocycles. The lowest BCUT2D eigenvalue weighted by Gasteiger charge is -2.34. The van der Waals surface area contributed by atoms with Crippen LogP contribution in [0, 0.1) is 12.8 Å². The Morgan fingerprint density at radius 3 is 2.76 bits per heavy atom. The van der Waals surface area contributed by atoms with Gasteiger partial charge in [-0.05, 0) is 61.4 Å². The molecule has 160 valence electrons. The van der Waals surface area contributed by atoms with Crippen molar-refractivity contribution in [1.82, 2.24) is 9.80 Å². The van der Waals surface area contributed by atoms with Gasteiger partial charge in [0, 0.05) is 38.4 Å². The van der Waals surface area contributed by atoms with Crippen LogP contribution in [-0.4, -0.2) is 60.8 Å². The zero-order chi connectivity index (χ0) is 20.6. The van der Waals surface area contributed by atoms with E-state index >= 15 is 0 Å². The number of nitrogens with zero attached hydrogens (tertiary/aromatic N) is 2. The second-order valence-electron chi connectivity index (χ2n) is 8.67. The zero-order valence-corrected chi connectivity index (χ0v) is 19.1. The number of ether oxygens (including phenoxy) is 1. The molecule has 0 bridgehead atoms. The third-order valence-corrected chi connectivity index (χ3v) is 6.45. The summed E-state index contributed by atoms with van der Waals surface area (Å²) in [6.07, 6.45) is 8.26. The van der Waals surface area contributed by atoms with Crippen LogP contribution in [0.15, 0.2) is 30.4 Å². The average molecular weight is 416 g/mol. The summed E-state index contributed by atoms with van der Waals surface area (Å²) in [7, 11) is 0. The largest absolute Gasteiger partial charge is 0.379 e. The third-order valence-electron chi connectivity index (χ3n) is 6.09. The SMILES string of the molecule is Cc1cccc(C(C)C)c1NC(=S)N(CCN1CCOCC1)CC1CC=CCC1. The number of aryl methyl sites for hydroxylation is 1. The van der Waals surface area contributed by atoms with Gasteiger partial charge in [-0.15, -0.1) is 0 Å². The van der Waals surface area contributed by atoms with E-state index in [1.165, 1.54) is 29.7 Å². The Hall–Kier alpha value is -1.43. The molecule has 1 aromatic rings. The van der Waals surface area contributed by atoms with Crippen molar-refractivity contribution in [3.63, 3.8) is 0 Å². The fourth-order valence-corrected chi connectivity index (χ4v) is 4.49. The van der Waals surface area contributed by atoms with Crippen LogP contribution in [0.3, 0.4) is 0 Å².